The van der Waals surface area contributed by atoms with Crippen LogP contribution in [0, 0.1) is 5.92 Å². The zero-order valence-electron chi connectivity index (χ0n) is 10.7. The SMILES string of the molecule is O=C(C[C@@H]1CC1(F)F)NC1(Cc2ccccc2)CC1. The quantitative estimate of drug-likeness (QED) is 0.871. The van der Waals surface area contributed by atoms with Crippen molar-refractivity contribution < 1.29 is 13.6 Å². The van der Waals surface area contributed by atoms with E-state index < -0.39 is 11.8 Å². The molecular weight excluding hydrogens is 248 g/mol. The van der Waals surface area contributed by atoms with E-state index in [-0.39, 0.29) is 24.3 Å². The van der Waals surface area contributed by atoms with Crippen LogP contribution < -0.4 is 5.32 Å². The molecule has 1 N–H and O–H groups in total. The van der Waals surface area contributed by atoms with Crippen LogP contribution in [0.2, 0.25) is 0 Å². The van der Waals surface area contributed by atoms with Crippen LogP contribution in [-0.2, 0) is 11.2 Å². The molecule has 0 aromatic heterocycles. The monoisotopic (exact) mass is 265 g/mol. The van der Waals surface area contributed by atoms with Crippen LogP contribution in [-0.4, -0.2) is 17.4 Å². The molecule has 1 aromatic rings. The normalized spacial score (nSPS) is 25.7. The summed E-state index contributed by atoms with van der Waals surface area (Å²) in [5, 5.41) is 2.95. The summed E-state index contributed by atoms with van der Waals surface area (Å²) in [4.78, 5) is 11.8. The summed E-state index contributed by atoms with van der Waals surface area (Å²) in [6.07, 6.45) is 2.50. The lowest BCUT2D eigenvalue weighted by atomic mass is 10.0. The highest BCUT2D eigenvalue weighted by atomic mass is 19.3. The van der Waals surface area contributed by atoms with Gasteiger partial charge >= 0.3 is 0 Å². The summed E-state index contributed by atoms with van der Waals surface area (Å²) in [6, 6.07) is 9.95. The Bertz CT molecular complexity index is 482. The Labute approximate surface area is 111 Å². The average molecular weight is 265 g/mol. The Balaban J connectivity index is 1.53. The van der Waals surface area contributed by atoms with E-state index in [9.17, 15) is 13.6 Å². The molecule has 2 saturated carbocycles. The van der Waals surface area contributed by atoms with Crippen molar-refractivity contribution in [3.05, 3.63) is 35.9 Å². The molecule has 0 unspecified atom stereocenters. The van der Waals surface area contributed by atoms with Gasteiger partial charge in [-0.05, 0) is 24.8 Å². The molecular formula is C15H17F2NO. The van der Waals surface area contributed by atoms with Crippen molar-refractivity contribution >= 4 is 5.91 Å². The molecule has 1 aromatic carbocycles. The third-order valence-corrected chi connectivity index (χ3v) is 4.03. The zero-order valence-corrected chi connectivity index (χ0v) is 10.7. The fourth-order valence-corrected chi connectivity index (χ4v) is 2.55. The van der Waals surface area contributed by atoms with E-state index in [4.69, 9.17) is 0 Å². The lowest BCUT2D eigenvalue weighted by molar-refractivity contribution is -0.123. The Morgan fingerprint density at radius 3 is 2.42 bits per heavy atom. The van der Waals surface area contributed by atoms with E-state index >= 15 is 0 Å². The number of nitrogens with one attached hydrogen (secondary N) is 1. The summed E-state index contributed by atoms with van der Waals surface area (Å²) in [6.45, 7) is 0. The maximum absolute atomic E-state index is 12.8. The van der Waals surface area contributed by atoms with Gasteiger partial charge in [0, 0.05) is 24.3 Å². The molecule has 0 radical (unpaired) electrons. The van der Waals surface area contributed by atoms with Crippen molar-refractivity contribution in [1.29, 1.82) is 0 Å². The van der Waals surface area contributed by atoms with Crippen molar-refractivity contribution in [2.45, 2.75) is 43.6 Å². The first-order valence-corrected chi connectivity index (χ1v) is 6.72. The molecule has 0 heterocycles. The minimum atomic E-state index is -2.60. The lowest BCUT2D eigenvalue weighted by Gasteiger charge is -2.17. The summed E-state index contributed by atoms with van der Waals surface area (Å²) in [5.74, 6) is -3.57. The van der Waals surface area contributed by atoms with Crippen LogP contribution in [0.4, 0.5) is 8.78 Å². The van der Waals surface area contributed by atoms with Crippen LogP contribution in [0.3, 0.4) is 0 Å². The van der Waals surface area contributed by atoms with E-state index in [0.29, 0.717) is 0 Å². The predicted octanol–water partition coefficient (Wildman–Crippen LogP) is 2.92. The first kappa shape index (κ1) is 12.6. The van der Waals surface area contributed by atoms with Crippen LogP contribution in [0.5, 0.6) is 0 Å². The molecule has 0 bridgehead atoms. The van der Waals surface area contributed by atoms with Gasteiger partial charge in [0.15, 0.2) is 0 Å². The van der Waals surface area contributed by atoms with E-state index in [0.717, 1.165) is 19.3 Å². The number of alkyl halides is 2. The molecule has 2 nitrogen and oxygen atoms in total. The van der Waals surface area contributed by atoms with Gasteiger partial charge in [0.2, 0.25) is 5.91 Å². The van der Waals surface area contributed by atoms with Gasteiger partial charge in [0.05, 0.1) is 0 Å². The third kappa shape index (κ3) is 2.94. The highest BCUT2D eigenvalue weighted by molar-refractivity contribution is 5.78. The molecule has 2 aliphatic rings. The summed E-state index contributed by atoms with van der Waals surface area (Å²) < 4.78 is 25.5. The summed E-state index contributed by atoms with van der Waals surface area (Å²) >= 11 is 0. The highest BCUT2D eigenvalue weighted by Gasteiger charge is 2.57. The van der Waals surface area contributed by atoms with Crippen LogP contribution in [0.1, 0.15) is 31.2 Å². The standard InChI is InChI=1S/C15H17F2NO/c16-15(17)10-12(15)8-13(19)18-14(6-7-14)9-11-4-2-1-3-5-11/h1-5,12H,6-10H2,(H,18,19)/t12-/m1/s1. The van der Waals surface area contributed by atoms with Gasteiger partial charge in [0.25, 0.3) is 5.92 Å². The Hall–Kier alpha value is -1.45. The minimum Gasteiger partial charge on any atom is -0.350 e. The highest BCUT2D eigenvalue weighted by Crippen LogP contribution is 2.50. The number of halogens is 2. The maximum Gasteiger partial charge on any atom is 0.252 e. The Morgan fingerprint density at radius 2 is 1.89 bits per heavy atom. The number of rotatable bonds is 5. The first-order valence-electron chi connectivity index (χ1n) is 6.72. The van der Waals surface area contributed by atoms with E-state index in [1.54, 1.807) is 0 Å². The maximum atomic E-state index is 12.8. The summed E-state index contributed by atoms with van der Waals surface area (Å²) in [5.41, 5.74) is 1.000. The molecule has 0 spiro atoms. The van der Waals surface area contributed by atoms with Crippen molar-refractivity contribution in [3.8, 4) is 0 Å². The second-order valence-corrected chi connectivity index (χ2v) is 5.86. The number of carbonyl (C=O) groups excluding carboxylic acids is 1. The zero-order chi connectivity index (χ0) is 13.5. The molecule has 4 heteroatoms. The molecule has 19 heavy (non-hydrogen) atoms. The smallest absolute Gasteiger partial charge is 0.252 e. The number of amides is 1. The molecule has 2 fully saturated rings. The van der Waals surface area contributed by atoms with Crippen LogP contribution >= 0.6 is 0 Å². The second kappa shape index (κ2) is 4.29. The second-order valence-electron chi connectivity index (χ2n) is 5.86. The van der Waals surface area contributed by atoms with Gasteiger partial charge < -0.3 is 5.32 Å². The lowest BCUT2D eigenvalue weighted by Crippen LogP contribution is -2.38. The van der Waals surface area contributed by atoms with Gasteiger partial charge in [-0.2, -0.15) is 0 Å². The van der Waals surface area contributed by atoms with Gasteiger partial charge in [-0.25, -0.2) is 8.78 Å². The molecule has 102 valence electrons. The molecule has 1 atom stereocenters. The van der Waals surface area contributed by atoms with Crippen LogP contribution in [0.25, 0.3) is 0 Å². The molecule has 0 aliphatic heterocycles. The molecule has 0 saturated heterocycles. The topological polar surface area (TPSA) is 29.1 Å². The average Bonchev–Trinajstić information content (AvgIpc) is 3.21. The van der Waals surface area contributed by atoms with Gasteiger partial charge in [-0.3, -0.25) is 4.79 Å². The molecule has 2 aliphatic carbocycles. The van der Waals surface area contributed by atoms with Gasteiger partial charge in [-0.15, -0.1) is 0 Å². The van der Waals surface area contributed by atoms with Crippen molar-refractivity contribution in [3.63, 3.8) is 0 Å². The van der Waals surface area contributed by atoms with E-state index in [1.807, 2.05) is 30.3 Å². The third-order valence-electron chi connectivity index (χ3n) is 4.03. The number of carbonyl (C=O) groups is 1. The number of hydrogen-bond acceptors (Lipinski definition) is 1. The molecule has 3 rings (SSSR count). The molecule has 1 amide bonds. The van der Waals surface area contributed by atoms with E-state index in [2.05, 4.69) is 5.32 Å². The van der Waals surface area contributed by atoms with Crippen LogP contribution in [0.15, 0.2) is 30.3 Å². The van der Waals surface area contributed by atoms with Gasteiger partial charge in [0.1, 0.15) is 0 Å². The van der Waals surface area contributed by atoms with Crippen molar-refractivity contribution in [2.75, 3.05) is 0 Å². The Morgan fingerprint density at radius 1 is 1.26 bits per heavy atom. The van der Waals surface area contributed by atoms with Gasteiger partial charge in [-0.1, -0.05) is 30.3 Å². The largest absolute Gasteiger partial charge is 0.350 e. The number of hydrogen-bond donors (Lipinski definition) is 1. The Kier molecular flexibility index (Phi) is 2.84. The number of benzene rings is 1. The van der Waals surface area contributed by atoms with Crippen molar-refractivity contribution in [2.24, 2.45) is 5.92 Å². The first-order chi connectivity index (χ1) is 8.99. The van der Waals surface area contributed by atoms with Crippen molar-refractivity contribution in [1.82, 2.24) is 5.32 Å². The summed E-state index contributed by atoms with van der Waals surface area (Å²) in [7, 11) is 0. The fraction of sp³-hybridized carbons (Fsp3) is 0.533. The fourth-order valence-electron chi connectivity index (χ4n) is 2.55. The predicted molar refractivity (Wildman–Crippen MR) is 67.9 cm³/mol. The van der Waals surface area contributed by atoms with E-state index in [1.165, 1.54) is 5.56 Å². The minimum absolute atomic E-state index is 0.0382.